The van der Waals surface area contributed by atoms with E-state index in [0.717, 1.165) is 16.4 Å². The van der Waals surface area contributed by atoms with Crippen molar-refractivity contribution in [3.8, 4) is 5.69 Å². The lowest BCUT2D eigenvalue weighted by Crippen LogP contribution is -2.51. The number of hydrogen-bond acceptors (Lipinski definition) is 4. The van der Waals surface area contributed by atoms with Crippen molar-refractivity contribution in [2.24, 2.45) is 0 Å². The van der Waals surface area contributed by atoms with Crippen LogP contribution in [0.25, 0.3) is 5.69 Å². The summed E-state index contributed by atoms with van der Waals surface area (Å²) in [5.41, 5.74) is 0.802. The Labute approximate surface area is 188 Å². The lowest BCUT2D eigenvalue weighted by molar-refractivity contribution is -0.141. The minimum absolute atomic E-state index is 0.125. The molecule has 0 saturated carbocycles. The Hall–Kier alpha value is -3.82. The SMILES string of the molecule is O=C(NCC(=O)N1CCN(c2ccccc2)CC1)c1ccc(-n2ccc(C(F)(F)F)n2)cc1. The highest BCUT2D eigenvalue weighted by atomic mass is 19.4. The molecule has 0 radical (unpaired) electrons. The van der Waals surface area contributed by atoms with Gasteiger partial charge >= 0.3 is 6.18 Å². The molecule has 1 aliphatic rings. The molecule has 10 heteroatoms. The third-order valence-electron chi connectivity index (χ3n) is 5.43. The van der Waals surface area contributed by atoms with E-state index in [1.54, 1.807) is 4.90 Å². The summed E-state index contributed by atoms with van der Waals surface area (Å²) >= 11 is 0. The number of hydrogen-bond donors (Lipinski definition) is 1. The van der Waals surface area contributed by atoms with E-state index in [1.807, 2.05) is 30.3 Å². The van der Waals surface area contributed by atoms with Crippen molar-refractivity contribution in [3.63, 3.8) is 0 Å². The Morgan fingerprint density at radius 2 is 1.55 bits per heavy atom. The zero-order valence-electron chi connectivity index (χ0n) is 17.6. The minimum atomic E-state index is -4.52. The lowest BCUT2D eigenvalue weighted by atomic mass is 10.2. The van der Waals surface area contributed by atoms with Gasteiger partial charge in [0, 0.05) is 43.6 Å². The summed E-state index contributed by atoms with van der Waals surface area (Å²) in [7, 11) is 0. The first-order valence-electron chi connectivity index (χ1n) is 10.4. The molecule has 172 valence electrons. The van der Waals surface area contributed by atoms with E-state index in [9.17, 15) is 22.8 Å². The molecule has 33 heavy (non-hydrogen) atoms. The number of benzene rings is 2. The third kappa shape index (κ3) is 5.33. The maximum absolute atomic E-state index is 12.7. The molecule has 1 aliphatic heterocycles. The number of alkyl halides is 3. The first kappa shape index (κ1) is 22.4. The standard InChI is InChI=1S/C23H22F3N5O2/c24-23(25,26)20-10-11-31(28-20)19-8-6-17(7-9-19)22(33)27-16-21(32)30-14-12-29(13-15-30)18-4-2-1-3-5-18/h1-11H,12-16H2,(H,27,33). The molecule has 2 amide bonds. The molecule has 1 aromatic heterocycles. The third-order valence-corrected chi connectivity index (χ3v) is 5.43. The average Bonchev–Trinajstić information content (AvgIpc) is 3.34. The van der Waals surface area contributed by atoms with E-state index in [0.29, 0.717) is 37.4 Å². The molecular formula is C23H22F3N5O2. The summed E-state index contributed by atoms with van der Waals surface area (Å²) in [5, 5.41) is 6.11. The zero-order chi connectivity index (χ0) is 23.4. The van der Waals surface area contributed by atoms with E-state index in [1.165, 1.54) is 30.5 Å². The molecule has 0 aliphatic carbocycles. The highest BCUT2D eigenvalue weighted by Gasteiger charge is 2.33. The van der Waals surface area contributed by atoms with Crippen molar-refractivity contribution >= 4 is 17.5 Å². The molecule has 1 fully saturated rings. The van der Waals surface area contributed by atoms with Gasteiger partial charge in [-0.05, 0) is 42.5 Å². The van der Waals surface area contributed by atoms with Crippen LogP contribution in [0.1, 0.15) is 16.1 Å². The fraction of sp³-hybridized carbons (Fsp3) is 0.261. The molecule has 3 aromatic rings. The molecule has 0 unspecified atom stereocenters. The zero-order valence-corrected chi connectivity index (χ0v) is 17.6. The fourth-order valence-corrected chi connectivity index (χ4v) is 3.61. The van der Waals surface area contributed by atoms with E-state index < -0.39 is 17.8 Å². The fourth-order valence-electron chi connectivity index (χ4n) is 3.61. The second-order valence-electron chi connectivity index (χ2n) is 7.58. The van der Waals surface area contributed by atoms with Crippen LogP contribution in [-0.2, 0) is 11.0 Å². The monoisotopic (exact) mass is 457 g/mol. The smallest absolute Gasteiger partial charge is 0.368 e. The Morgan fingerprint density at radius 1 is 0.879 bits per heavy atom. The predicted molar refractivity (Wildman–Crippen MR) is 116 cm³/mol. The van der Waals surface area contributed by atoms with E-state index in [-0.39, 0.29) is 12.5 Å². The number of aromatic nitrogens is 2. The van der Waals surface area contributed by atoms with Gasteiger partial charge in [0.05, 0.1) is 12.2 Å². The highest BCUT2D eigenvalue weighted by Crippen LogP contribution is 2.27. The predicted octanol–water partition coefficient (Wildman–Crippen LogP) is 2.97. The first-order valence-corrected chi connectivity index (χ1v) is 10.4. The molecule has 1 N–H and O–H groups in total. The number of nitrogens with one attached hydrogen (secondary N) is 1. The van der Waals surface area contributed by atoms with Crippen LogP contribution in [0.2, 0.25) is 0 Å². The highest BCUT2D eigenvalue weighted by molar-refractivity contribution is 5.96. The molecule has 0 bridgehead atoms. The van der Waals surface area contributed by atoms with Crippen molar-refractivity contribution < 1.29 is 22.8 Å². The number of nitrogens with zero attached hydrogens (tertiary/aromatic N) is 4. The molecule has 0 atom stereocenters. The van der Waals surface area contributed by atoms with Gasteiger partial charge in [-0.3, -0.25) is 9.59 Å². The van der Waals surface area contributed by atoms with Gasteiger partial charge in [0.25, 0.3) is 5.91 Å². The maximum atomic E-state index is 12.7. The summed E-state index contributed by atoms with van der Waals surface area (Å²) in [6.07, 6.45) is -3.32. The van der Waals surface area contributed by atoms with Gasteiger partial charge in [0.15, 0.2) is 5.69 Å². The van der Waals surface area contributed by atoms with Crippen molar-refractivity contribution in [1.29, 1.82) is 0 Å². The van der Waals surface area contributed by atoms with Crippen LogP contribution in [0.3, 0.4) is 0 Å². The number of halogens is 3. The van der Waals surface area contributed by atoms with Crippen LogP contribution >= 0.6 is 0 Å². The van der Waals surface area contributed by atoms with Crippen LogP contribution in [0.4, 0.5) is 18.9 Å². The Balaban J connectivity index is 1.27. The van der Waals surface area contributed by atoms with Gasteiger partial charge < -0.3 is 15.1 Å². The Kier molecular flexibility index (Phi) is 6.34. The first-order chi connectivity index (χ1) is 15.8. The van der Waals surface area contributed by atoms with E-state index in [4.69, 9.17) is 0 Å². The van der Waals surface area contributed by atoms with Crippen molar-refractivity contribution in [2.75, 3.05) is 37.6 Å². The molecule has 7 nitrogen and oxygen atoms in total. The van der Waals surface area contributed by atoms with Crippen LogP contribution in [0, 0.1) is 0 Å². The average molecular weight is 457 g/mol. The molecule has 1 saturated heterocycles. The maximum Gasteiger partial charge on any atom is 0.435 e. The summed E-state index contributed by atoms with van der Waals surface area (Å²) in [6, 6.07) is 16.8. The van der Waals surface area contributed by atoms with Gasteiger partial charge in [-0.1, -0.05) is 18.2 Å². The Morgan fingerprint density at radius 3 is 2.15 bits per heavy atom. The van der Waals surface area contributed by atoms with Gasteiger partial charge in [0.1, 0.15) is 0 Å². The quantitative estimate of drug-likeness (QED) is 0.640. The van der Waals surface area contributed by atoms with E-state index in [2.05, 4.69) is 15.3 Å². The number of para-hydroxylation sites is 1. The number of piperazine rings is 1. The number of carbonyl (C=O) groups excluding carboxylic acids is 2. The number of amides is 2. The normalized spacial score (nSPS) is 14.3. The van der Waals surface area contributed by atoms with Gasteiger partial charge in [-0.2, -0.15) is 18.3 Å². The summed E-state index contributed by atoms with van der Waals surface area (Å²) in [6.45, 7) is 2.45. The van der Waals surface area contributed by atoms with Crippen molar-refractivity contribution in [3.05, 3.63) is 78.1 Å². The largest absolute Gasteiger partial charge is 0.435 e. The molecule has 2 aromatic carbocycles. The molecular weight excluding hydrogens is 435 g/mol. The van der Waals surface area contributed by atoms with Crippen LogP contribution in [0.5, 0.6) is 0 Å². The van der Waals surface area contributed by atoms with Gasteiger partial charge in [0.2, 0.25) is 5.91 Å². The second kappa shape index (κ2) is 9.35. The van der Waals surface area contributed by atoms with Crippen molar-refractivity contribution in [1.82, 2.24) is 20.0 Å². The summed E-state index contributed by atoms with van der Waals surface area (Å²) < 4.78 is 39.2. The lowest BCUT2D eigenvalue weighted by Gasteiger charge is -2.36. The number of anilines is 1. The van der Waals surface area contributed by atoms with Gasteiger partial charge in [-0.25, -0.2) is 4.68 Å². The van der Waals surface area contributed by atoms with Crippen LogP contribution < -0.4 is 10.2 Å². The number of rotatable bonds is 5. The Bertz CT molecular complexity index is 1110. The van der Waals surface area contributed by atoms with E-state index >= 15 is 0 Å². The number of carbonyl (C=O) groups is 2. The van der Waals surface area contributed by atoms with Crippen LogP contribution in [-0.4, -0.2) is 59.2 Å². The van der Waals surface area contributed by atoms with Crippen molar-refractivity contribution in [2.45, 2.75) is 6.18 Å². The summed E-state index contributed by atoms with van der Waals surface area (Å²) in [4.78, 5) is 28.8. The topological polar surface area (TPSA) is 70.5 Å². The molecule has 4 rings (SSSR count). The molecule has 2 heterocycles. The summed E-state index contributed by atoms with van der Waals surface area (Å²) in [5.74, 6) is -0.599. The minimum Gasteiger partial charge on any atom is -0.368 e. The molecule has 0 spiro atoms. The second-order valence-corrected chi connectivity index (χ2v) is 7.58. The van der Waals surface area contributed by atoms with Gasteiger partial charge in [-0.15, -0.1) is 0 Å². The van der Waals surface area contributed by atoms with Crippen LogP contribution in [0.15, 0.2) is 66.9 Å².